The molecular weight excluding hydrogens is 943 g/mol. The summed E-state index contributed by atoms with van der Waals surface area (Å²) in [5, 5.41) is 5.45. The van der Waals surface area contributed by atoms with E-state index in [1.807, 2.05) is 72.6 Å². The number of rotatable bonds is 21. The Morgan fingerprint density at radius 3 is 2.05 bits per heavy atom. The van der Waals surface area contributed by atoms with Crippen molar-refractivity contribution in [3.8, 4) is 17.2 Å². The summed E-state index contributed by atoms with van der Waals surface area (Å²) in [5.41, 5.74) is 9.04. The molecule has 0 bridgehead atoms. The Bertz CT molecular complexity index is 3070. The van der Waals surface area contributed by atoms with E-state index in [0.717, 1.165) is 46.5 Å². The first kappa shape index (κ1) is 50.8. The summed E-state index contributed by atoms with van der Waals surface area (Å²) in [7, 11) is 2.84. The molecule has 4 amide bonds. The molecular formula is C58H59N5O11. The van der Waals surface area contributed by atoms with Crippen molar-refractivity contribution in [1.82, 2.24) is 5.32 Å². The highest BCUT2D eigenvalue weighted by Gasteiger charge is 2.38. The summed E-state index contributed by atoms with van der Waals surface area (Å²) in [6, 6.07) is 28.4. The molecule has 2 atom stereocenters. The van der Waals surface area contributed by atoms with Crippen LogP contribution in [0, 0.1) is 6.92 Å². The predicted octanol–water partition coefficient (Wildman–Crippen LogP) is 8.45. The first-order chi connectivity index (χ1) is 35.8. The highest BCUT2D eigenvalue weighted by molar-refractivity contribution is 6.15. The van der Waals surface area contributed by atoms with Crippen LogP contribution in [-0.4, -0.2) is 80.2 Å². The smallest absolute Gasteiger partial charge is 0.305 e. The number of Topliss-reactive ketones (excluding diaryl/α,β-unsaturated/α-hetero) is 2. The maximum Gasteiger partial charge on any atom is 0.305 e. The minimum Gasteiger partial charge on any atom is -0.493 e. The number of methoxy groups -OCH3 is 2. The van der Waals surface area contributed by atoms with Crippen LogP contribution in [0.5, 0.6) is 17.2 Å². The van der Waals surface area contributed by atoms with Crippen molar-refractivity contribution in [2.75, 3.05) is 35.9 Å². The van der Waals surface area contributed by atoms with Gasteiger partial charge in [0.15, 0.2) is 17.3 Å². The quantitative estimate of drug-likeness (QED) is 0.0528. The number of amides is 4. The Morgan fingerprint density at radius 2 is 1.31 bits per heavy atom. The van der Waals surface area contributed by atoms with Crippen LogP contribution in [0.3, 0.4) is 0 Å². The number of benzene rings is 5. The van der Waals surface area contributed by atoms with Crippen molar-refractivity contribution in [2.24, 2.45) is 4.99 Å². The van der Waals surface area contributed by atoms with Gasteiger partial charge in [-0.05, 0) is 121 Å². The second kappa shape index (κ2) is 22.7. The van der Waals surface area contributed by atoms with Crippen LogP contribution in [0.2, 0.25) is 0 Å². The molecule has 0 radical (unpaired) electrons. The van der Waals surface area contributed by atoms with Gasteiger partial charge in [0.25, 0.3) is 11.8 Å². The van der Waals surface area contributed by atoms with E-state index in [-0.39, 0.29) is 99.7 Å². The van der Waals surface area contributed by atoms with Crippen LogP contribution in [0.1, 0.15) is 112 Å². The molecule has 2 N–H and O–H groups in total. The number of ether oxygens (including phenoxy) is 4. The van der Waals surface area contributed by atoms with Crippen molar-refractivity contribution < 1.29 is 52.5 Å². The standard InChI is InChI=1S/C58H59N5O11/c1-35-22-47-48(59-31-43-27-40-11-5-8-14-50(40)63(43)58(47)70)30-51(35)73-33-36-23-37(25-41(24-36)61-55(67)21-19-45(65)32-60-54(66)20-18-44(64)12-6-9-15-56(68)72-3)34-74-53-28-38-16-17-42-26-39-10-4-7-13-49(39)62(42)57(69)46(38)29-52(53)71-2/h4-5,7-8,10-11,13-14,22-25,28-31,42-43H,6,9,12,15-21,26-27,32-34H2,1-3H3,(H,60,66)(H,61,67)/t42-,43+/m1/s1. The number of esters is 1. The number of aliphatic imine (C=N–C) groups is 1. The van der Waals surface area contributed by atoms with Crippen molar-refractivity contribution in [2.45, 2.75) is 109 Å². The lowest BCUT2D eigenvalue weighted by atomic mass is 9.99. The fourth-order valence-corrected chi connectivity index (χ4v) is 10.1. The highest BCUT2D eigenvalue weighted by Crippen LogP contribution is 2.42. The number of carbonyl (C=O) groups excluding carboxylic acids is 7. The molecule has 0 saturated heterocycles. The van der Waals surface area contributed by atoms with E-state index in [1.54, 1.807) is 35.2 Å². The van der Waals surface area contributed by atoms with Gasteiger partial charge in [-0.25, -0.2) is 0 Å². The average Bonchev–Trinajstić information content (AvgIpc) is 3.90. The number of hydrogen-bond donors (Lipinski definition) is 2. The Morgan fingerprint density at radius 1 is 0.649 bits per heavy atom. The number of anilines is 3. The van der Waals surface area contributed by atoms with E-state index in [2.05, 4.69) is 21.4 Å². The van der Waals surface area contributed by atoms with Gasteiger partial charge in [0.2, 0.25) is 11.8 Å². The molecule has 0 spiro atoms. The molecule has 16 heteroatoms. The maximum absolute atomic E-state index is 14.1. The summed E-state index contributed by atoms with van der Waals surface area (Å²) < 4.78 is 23.3. The second-order valence-electron chi connectivity index (χ2n) is 19.2. The Balaban J connectivity index is 0.870. The number of nitrogens with zero attached hydrogens (tertiary/aromatic N) is 3. The summed E-state index contributed by atoms with van der Waals surface area (Å²) in [5.74, 6) is -0.494. The third-order valence-corrected chi connectivity index (χ3v) is 14.0. The van der Waals surface area contributed by atoms with E-state index < -0.39 is 11.8 Å². The Labute approximate surface area is 429 Å². The third-order valence-electron chi connectivity index (χ3n) is 14.0. The molecule has 0 aromatic heterocycles. The zero-order valence-corrected chi connectivity index (χ0v) is 41.8. The van der Waals surface area contributed by atoms with E-state index >= 15 is 0 Å². The fraction of sp³-hybridized carbons (Fsp3) is 0.345. The number of unbranched alkanes of at least 4 members (excludes halogenated alkanes) is 1. The van der Waals surface area contributed by atoms with Gasteiger partial charge in [-0.3, -0.25) is 43.5 Å². The minimum absolute atomic E-state index is 0.0201. The molecule has 4 aliphatic rings. The molecule has 0 aliphatic carbocycles. The topological polar surface area (TPSA) is 199 Å². The van der Waals surface area contributed by atoms with Crippen LogP contribution in [0.15, 0.2) is 96.0 Å². The Hall–Kier alpha value is -8.14. The summed E-state index contributed by atoms with van der Waals surface area (Å²) in [4.78, 5) is 98.7. The number of fused-ring (bicyclic) bond motifs is 8. The fourth-order valence-electron chi connectivity index (χ4n) is 10.1. The van der Waals surface area contributed by atoms with Gasteiger partial charge in [0.05, 0.1) is 38.1 Å². The first-order valence-corrected chi connectivity index (χ1v) is 25.1. The van der Waals surface area contributed by atoms with Gasteiger partial charge in [-0.15, -0.1) is 0 Å². The molecule has 0 fully saturated rings. The molecule has 382 valence electrons. The molecule has 74 heavy (non-hydrogen) atoms. The van der Waals surface area contributed by atoms with Gasteiger partial charge in [-0.1, -0.05) is 36.4 Å². The van der Waals surface area contributed by atoms with Crippen molar-refractivity contribution in [1.29, 1.82) is 0 Å². The average molecular weight is 1000 g/mol. The normalized spacial score (nSPS) is 15.8. The molecule has 5 aromatic rings. The molecule has 4 aliphatic heterocycles. The lowest BCUT2D eigenvalue weighted by molar-refractivity contribution is -0.140. The molecule has 0 unspecified atom stereocenters. The van der Waals surface area contributed by atoms with Crippen LogP contribution in [0.4, 0.5) is 22.7 Å². The van der Waals surface area contributed by atoms with E-state index in [4.69, 9.17) is 19.2 Å². The number of aryl methyl sites for hydroxylation is 2. The SMILES string of the molecule is COC(=O)CCCCC(=O)CCC(=O)NCC(=O)CCC(=O)Nc1cc(COc2cc3c(cc2C)C(=O)N2c4ccccc4C[C@H]2C=N3)cc(COc2cc3c(cc2OC)C(=O)N2c4ccccc4C[C@H]2CC3)c1. The van der Waals surface area contributed by atoms with Crippen LogP contribution in [-0.2, 0) is 61.2 Å². The summed E-state index contributed by atoms with van der Waals surface area (Å²) in [6.45, 7) is 1.71. The van der Waals surface area contributed by atoms with Crippen molar-refractivity contribution in [3.05, 3.63) is 136 Å². The third kappa shape index (κ3) is 11.5. The second-order valence-corrected chi connectivity index (χ2v) is 19.2. The maximum atomic E-state index is 14.1. The lowest BCUT2D eigenvalue weighted by Crippen LogP contribution is -2.37. The summed E-state index contributed by atoms with van der Waals surface area (Å²) in [6.07, 6.45) is 5.91. The Kier molecular flexibility index (Phi) is 15.6. The number of hydrogen-bond acceptors (Lipinski definition) is 12. The number of carbonyl (C=O) groups is 7. The van der Waals surface area contributed by atoms with Crippen molar-refractivity contribution >= 4 is 70.1 Å². The van der Waals surface area contributed by atoms with Crippen LogP contribution < -0.4 is 34.6 Å². The first-order valence-electron chi connectivity index (χ1n) is 25.1. The van der Waals surface area contributed by atoms with Gasteiger partial charge < -0.3 is 34.5 Å². The molecule has 16 nitrogen and oxygen atoms in total. The van der Waals surface area contributed by atoms with E-state index in [9.17, 15) is 33.6 Å². The van der Waals surface area contributed by atoms with Gasteiger partial charge >= 0.3 is 5.97 Å². The van der Waals surface area contributed by atoms with Gasteiger partial charge in [-0.2, -0.15) is 0 Å². The number of ketones is 2. The van der Waals surface area contributed by atoms with Gasteiger partial charge in [0.1, 0.15) is 24.7 Å². The summed E-state index contributed by atoms with van der Waals surface area (Å²) >= 11 is 0. The van der Waals surface area contributed by atoms with Crippen LogP contribution >= 0.6 is 0 Å². The monoisotopic (exact) mass is 1000 g/mol. The zero-order chi connectivity index (χ0) is 51.9. The molecule has 9 rings (SSSR count). The largest absolute Gasteiger partial charge is 0.493 e. The molecule has 4 heterocycles. The highest BCUT2D eigenvalue weighted by atomic mass is 16.5. The van der Waals surface area contributed by atoms with Crippen molar-refractivity contribution in [3.63, 3.8) is 0 Å². The molecule has 5 aromatic carbocycles. The number of para-hydroxylation sites is 2. The predicted molar refractivity (Wildman–Crippen MR) is 278 cm³/mol. The van der Waals surface area contributed by atoms with E-state index in [0.29, 0.717) is 76.6 Å². The van der Waals surface area contributed by atoms with Gasteiger partial charge in [0, 0.05) is 85.9 Å². The number of nitrogens with one attached hydrogen (secondary N) is 2. The van der Waals surface area contributed by atoms with E-state index in [1.165, 1.54) is 14.2 Å². The van der Waals surface area contributed by atoms with Crippen LogP contribution in [0.25, 0.3) is 0 Å². The molecule has 0 saturated carbocycles. The lowest BCUT2D eigenvalue weighted by Gasteiger charge is -2.23. The zero-order valence-electron chi connectivity index (χ0n) is 41.8. The minimum atomic E-state index is -0.447.